The van der Waals surface area contributed by atoms with Gasteiger partial charge in [0.05, 0.1) is 18.4 Å². The zero-order valence-corrected chi connectivity index (χ0v) is 11.4. The molecule has 2 N–H and O–H groups in total. The summed E-state index contributed by atoms with van der Waals surface area (Å²) in [6.07, 6.45) is 3.29. The number of carbonyl (C=O) groups excluding carboxylic acids is 1. The fourth-order valence-electron chi connectivity index (χ4n) is 1.86. The largest absolute Gasteiger partial charge is 0.494 e. The normalized spacial score (nSPS) is 10.2. The summed E-state index contributed by atoms with van der Waals surface area (Å²) in [6, 6.07) is 5.24. The Bertz CT molecular complexity index is 405. The number of para-hydroxylation sites is 1. The van der Waals surface area contributed by atoms with Crippen molar-refractivity contribution in [2.24, 2.45) is 0 Å². The maximum Gasteiger partial charge on any atom is 0.257 e. The quantitative estimate of drug-likeness (QED) is 0.623. The average Bonchev–Trinajstić information content (AvgIpc) is 2.37. The van der Waals surface area contributed by atoms with E-state index in [-0.39, 0.29) is 5.91 Å². The van der Waals surface area contributed by atoms with Crippen molar-refractivity contribution in [1.29, 1.82) is 0 Å². The lowest BCUT2D eigenvalue weighted by Crippen LogP contribution is -2.28. The second-order valence-electron chi connectivity index (χ2n) is 4.36. The van der Waals surface area contributed by atoms with Crippen LogP contribution in [0.3, 0.4) is 0 Å². The number of hydrogen-bond acceptors (Lipinski definition) is 3. The molecule has 1 aromatic rings. The summed E-state index contributed by atoms with van der Waals surface area (Å²) >= 11 is 0. The number of rotatable bonds is 6. The van der Waals surface area contributed by atoms with Gasteiger partial charge in [-0.2, -0.15) is 0 Å². The van der Waals surface area contributed by atoms with Gasteiger partial charge in [0.1, 0.15) is 0 Å². The Morgan fingerprint density at radius 1 is 1.39 bits per heavy atom. The number of amides is 1. The van der Waals surface area contributed by atoms with Crippen molar-refractivity contribution in [3.63, 3.8) is 0 Å². The molecule has 1 aromatic carbocycles. The minimum Gasteiger partial charge on any atom is -0.494 e. The van der Waals surface area contributed by atoms with Gasteiger partial charge in [-0.05, 0) is 18.6 Å². The summed E-state index contributed by atoms with van der Waals surface area (Å²) in [6.45, 7) is 2.90. The SMILES string of the molecule is CCCCCN(C)C(=O)c1cccc(N)c1OC. The van der Waals surface area contributed by atoms with Gasteiger partial charge in [0.2, 0.25) is 0 Å². The highest BCUT2D eigenvalue weighted by atomic mass is 16.5. The Labute approximate surface area is 109 Å². The Morgan fingerprint density at radius 3 is 2.72 bits per heavy atom. The van der Waals surface area contributed by atoms with Crippen molar-refractivity contribution >= 4 is 11.6 Å². The van der Waals surface area contributed by atoms with Gasteiger partial charge in [0, 0.05) is 13.6 Å². The summed E-state index contributed by atoms with van der Waals surface area (Å²) in [5.74, 6) is 0.417. The number of carbonyl (C=O) groups is 1. The number of unbranched alkanes of at least 4 members (excludes halogenated alkanes) is 2. The van der Waals surface area contributed by atoms with Gasteiger partial charge in [-0.1, -0.05) is 25.8 Å². The van der Waals surface area contributed by atoms with Crippen molar-refractivity contribution in [2.75, 3.05) is 26.4 Å². The molecule has 1 rings (SSSR count). The number of nitrogens with zero attached hydrogens (tertiary/aromatic N) is 1. The van der Waals surface area contributed by atoms with E-state index >= 15 is 0 Å². The third kappa shape index (κ3) is 3.39. The summed E-state index contributed by atoms with van der Waals surface area (Å²) in [4.78, 5) is 14.0. The van der Waals surface area contributed by atoms with E-state index in [9.17, 15) is 4.79 Å². The van der Waals surface area contributed by atoms with Crippen LogP contribution in [0.5, 0.6) is 5.75 Å². The van der Waals surface area contributed by atoms with Gasteiger partial charge in [-0.15, -0.1) is 0 Å². The van der Waals surface area contributed by atoms with Crippen molar-refractivity contribution in [1.82, 2.24) is 4.90 Å². The Hall–Kier alpha value is -1.71. The van der Waals surface area contributed by atoms with Crippen LogP contribution >= 0.6 is 0 Å². The van der Waals surface area contributed by atoms with E-state index < -0.39 is 0 Å². The van der Waals surface area contributed by atoms with E-state index in [1.165, 1.54) is 7.11 Å². The first-order valence-electron chi connectivity index (χ1n) is 6.29. The minimum absolute atomic E-state index is 0.0461. The number of nitrogen functional groups attached to an aromatic ring is 1. The molecule has 4 nitrogen and oxygen atoms in total. The van der Waals surface area contributed by atoms with Crippen molar-refractivity contribution < 1.29 is 9.53 Å². The Kier molecular flexibility index (Phi) is 5.49. The van der Waals surface area contributed by atoms with E-state index in [4.69, 9.17) is 10.5 Å². The molecular weight excluding hydrogens is 228 g/mol. The van der Waals surface area contributed by atoms with Crippen molar-refractivity contribution in [3.8, 4) is 5.75 Å². The molecule has 1 amide bonds. The summed E-state index contributed by atoms with van der Waals surface area (Å²) in [7, 11) is 3.33. The summed E-state index contributed by atoms with van der Waals surface area (Å²) in [5.41, 5.74) is 6.81. The van der Waals surface area contributed by atoms with Crippen LogP contribution in [0.15, 0.2) is 18.2 Å². The summed E-state index contributed by atoms with van der Waals surface area (Å²) in [5, 5.41) is 0. The van der Waals surface area contributed by atoms with Gasteiger partial charge in [0.25, 0.3) is 5.91 Å². The van der Waals surface area contributed by atoms with E-state index in [1.807, 2.05) is 0 Å². The second-order valence-corrected chi connectivity index (χ2v) is 4.36. The molecule has 0 aliphatic heterocycles. The zero-order chi connectivity index (χ0) is 13.5. The smallest absolute Gasteiger partial charge is 0.257 e. The minimum atomic E-state index is -0.0461. The maximum atomic E-state index is 12.3. The lowest BCUT2D eigenvalue weighted by molar-refractivity contribution is 0.0789. The predicted molar refractivity (Wildman–Crippen MR) is 73.9 cm³/mol. The van der Waals surface area contributed by atoms with Crippen LogP contribution in [0, 0.1) is 0 Å². The highest BCUT2D eigenvalue weighted by Crippen LogP contribution is 2.26. The molecule has 0 aliphatic carbocycles. The molecule has 0 radical (unpaired) electrons. The molecule has 4 heteroatoms. The molecule has 0 unspecified atom stereocenters. The molecule has 100 valence electrons. The van der Waals surface area contributed by atoms with E-state index in [1.54, 1.807) is 30.1 Å². The van der Waals surface area contributed by atoms with E-state index in [0.29, 0.717) is 17.0 Å². The number of hydrogen-bond donors (Lipinski definition) is 1. The van der Waals surface area contributed by atoms with Crippen LogP contribution in [0.1, 0.15) is 36.5 Å². The molecule has 0 bridgehead atoms. The molecule has 18 heavy (non-hydrogen) atoms. The van der Waals surface area contributed by atoms with E-state index in [0.717, 1.165) is 25.8 Å². The van der Waals surface area contributed by atoms with Crippen LogP contribution in [0.25, 0.3) is 0 Å². The van der Waals surface area contributed by atoms with Gasteiger partial charge in [-0.25, -0.2) is 0 Å². The molecule has 0 aliphatic rings. The van der Waals surface area contributed by atoms with Crippen LogP contribution in [-0.2, 0) is 0 Å². The highest BCUT2D eigenvalue weighted by molar-refractivity contribution is 5.98. The molecular formula is C14H22N2O2. The average molecular weight is 250 g/mol. The Balaban J connectivity index is 2.80. The molecule has 0 heterocycles. The topological polar surface area (TPSA) is 55.6 Å². The molecule has 0 fully saturated rings. The van der Waals surface area contributed by atoms with Crippen LogP contribution < -0.4 is 10.5 Å². The van der Waals surface area contributed by atoms with Crippen LogP contribution in [-0.4, -0.2) is 31.5 Å². The molecule has 0 atom stereocenters. The first-order valence-corrected chi connectivity index (χ1v) is 6.29. The van der Waals surface area contributed by atoms with Gasteiger partial charge >= 0.3 is 0 Å². The van der Waals surface area contributed by atoms with Gasteiger partial charge < -0.3 is 15.4 Å². The third-order valence-corrected chi connectivity index (χ3v) is 2.92. The lowest BCUT2D eigenvalue weighted by Gasteiger charge is -2.19. The molecule has 0 spiro atoms. The monoisotopic (exact) mass is 250 g/mol. The maximum absolute atomic E-state index is 12.3. The van der Waals surface area contributed by atoms with Crippen LogP contribution in [0.4, 0.5) is 5.69 Å². The van der Waals surface area contributed by atoms with Gasteiger partial charge in [-0.3, -0.25) is 4.79 Å². The van der Waals surface area contributed by atoms with E-state index in [2.05, 4.69) is 6.92 Å². The van der Waals surface area contributed by atoms with Crippen molar-refractivity contribution in [3.05, 3.63) is 23.8 Å². The number of anilines is 1. The zero-order valence-electron chi connectivity index (χ0n) is 11.4. The molecule has 0 aromatic heterocycles. The lowest BCUT2D eigenvalue weighted by atomic mass is 10.1. The highest BCUT2D eigenvalue weighted by Gasteiger charge is 2.17. The molecule has 0 saturated carbocycles. The number of nitrogens with two attached hydrogens (primary N) is 1. The fourth-order valence-corrected chi connectivity index (χ4v) is 1.86. The third-order valence-electron chi connectivity index (χ3n) is 2.92. The Morgan fingerprint density at radius 2 is 2.11 bits per heavy atom. The summed E-state index contributed by atoms with van der Waals surface area (Å²) < 4.78 is 5.20. The van der Waals surface area contributed by atoms with Crippen LogP contribution in [0.2, 0.25) is 0 Å². The van der Waals surface area contributed by atoms with Crippen molar-refractivity contribution in [2.45, 2.75) is 26.2 Å². The number of ether oxygens (including phenoxy) is 1. The second kappa shape index (κ2) is 6.89. The fraction of sp³-hybridized carbons (Fsp3) is 0.500. The first-order chi connectivity index (χ1) is 8.61. The number of methoxy groups -OCH3 is 1. The number of benzene rings is 1. The first kappa shape index (κ1) is 14.4. The molecule has 0 saturated heterocycles. The van der Waals surface area contributed by atoms with Gasteiger partial charge in [0.15, 0.2) is 5.75 Å². The predicted octanol–water partition coefficient (Wildman–Crippen LogP) is 2.54. The standard InChI is InChI=1S/C14H22N2O2/c1-4-5-6-10-16(2)14(17)11-8-7-9-12(15)13(11)18-3/h7-9H,4-6,10,15H2,1-3H3.